The zero-order valence-corrected chi connectivity index (χ0v) is 14.8. The number of aliphatic carboxylic acids is 1. The van der Waals surface area contributed by atoms with Crippen molar-refractivity contribution in [3.05, 3.63) is 40.9 Å². The number of ketones is 1. The van der Waals surface area contributed by atoms with Crippen molar-refractivity contribution >= 4 is 29.4 Å². The number of carbonyl (C=O) groups is 2. The molecule has 1 N–H and O–H groups in total. The summed E-state index contributed by atoms with van der Waals surface area (Å²) in [7, 11) is 0. The van der Waals surface area contributed by atoms with Gasteiger partial charge in [-0.3, -0.25) is 9.59 Å². The zero-order chi connectivity index (χ0) is 17.5. The minimum atomic E-state index is -0.748. The molecule has 1 aromatic carbocycles. The molecule has 1 fully saturated rings. The van der Waals surface area contributed by atoms with Gasteiger partial charge in [-0.25, -0.2) is 0 Å². The lowest BCUT2D eigenvalue weighted by Gasteiger charge is -2.22. The van der Waals surface area contributed by atoms with Crippen LogP contribution in [0.25, 0.3) is 6.08 Å². The summed E-state index contributed by atoms with van der Waals surface area (Å²) in [4.78, 5) is 22.9. The van der Waals surface area contributed by atoms with Gasteiger partial charge in [0.1, 0.15) is 5.78 Å². The molecule has 3 nitrogen and oxygen atoms in total. The summed E-state index contributed by atoms with van der Waals surface area (Å²) in [6, 6.07) is 7.69. The first-order valence-corrected chi connectivity index (χ1v) is 9.03. The third kappa shape index (κ3) is 5.48. The van der Waals surface area contributed by atoms with Gasteiger partial charge >= 0.3 is 5.97 Å². The molecule has 1 aliphatic rings. The van der Waals surface area contributed by atoms with Gasteiger partial charge in [0.05, 0.1) is 0 Å². The molecule has 0 radical (unpaired) electrons. The van der Waals surface area contributed by atoms with Gasteiger partial charge in [-0.15, -0.1) is 0 Å². The van der Waals surface area contributed by atoms with Gasteiger partial charge in [0.2, 0.25) is 0 Å². The number of hydrogen-bond acceptors (Lipinski definition) is 2. The van der Waals surface area contributed by atoms with Gasteiger partial charge in [-0.2, -0.15) is 0 Å². The van der Waals surface area contributed by atoms with Crippen molar-refractivity contribution in [2.45, 2.75) is 45.4 Å². The smallest absolute Gasteiger partial charge is 0.303 e. The Morgan fingerprint density at radius 3 is 2.92 bits per heavy atom. The number of carboxylic acids is 1. The zero-order valence-electron chi connectivity index (χ0n) is 14.1. The second-order valence-electron chi connectivity index (χ2n) is 6.73. The number of Topliss-reactive ketones (excluding diaryl/α,β-unsaturated/α-hetero) is 1. The Bertz CT molecular complexity index is 609. The largest absolute Gasteiger partial charge is 0.481 e. The summed E-state index contributed by atoms with van der Waals surface area (Å²) in [6.07, 6.45) is 8.42. The molecule has 3 unspecified atom stereocenters. The van der Waals surface area contributed by atoms with Gasteiger partial charge in [0.15, 0.2) is 0 Å². The SMILES string of the molecule is CC(CCCCC(=O)O)C1C(=O)CCC1C=Cc1cccc(Cl)c1. The van der Waals surface area contributed by atoms with E-state index in [4.69, 9.17) is 16.7 Å². The molecule has 0 bridgehead atoms. The first kappa shape index (κ1) is 18.7. The van der Waals surface area contributed by atoms with Crippen molar-refractivity contribution in [3.63, 3.8) is 0 Å². The van der Waals surface area contributed by atoms with Crippen LogP contribution in [-0.2, 0) is 9.59 Å². The fourth-order valence-electron chi connectivity index (χ4n) is 3.62. The lowest BCUT2D eigenvalue weighted by Crippen LogP contribution is -2.22. The third-order valence-corrected chi connectivity index (χ3v) is 5.09. The van der Waals surface area contributed by atoms with Gasteiger partial charge < -0.3 is 5.11 Å². The van der Waals surface area contributed by atoms with E-state index in [1.54, 1.807) is 0 Å². The van der Waals surface area contributed by atoms with Crippen LogP contribution < -0.4 is 0 Å². The second-order valence-corrected chi connectivity index (χ2v) is 7.16. The lowest BCUT2D eigenvalue weighted by atomic mass is 9.81. The molecular formula is C20H25ClO3. The van der Waals surface area contributed by atoms with Gasteiger partial charge in [0.25, 0.3) is 0 Å². The Labute approximate surface area is 148 Å². The van der Waals surface area contributed by atoms with E-state index < -0.39 is 5.97 Å². The normalized spacial score (nSPS) is 22.2. The van der Waals surface area contributed by atoms with Crippen molar-refractivity contribution < 1.29 is 14.7 Å². The highest BCUT2D eigenvalue weighted by molar-refractivity contribution is 6.30. The molecule has 0 aromatic heterocycles. The monoisotopic (exact) mass is 348 g/mol. The van der Waals surface area contributed by atoms with Crippen molar-refractivity contribution in [1.29, 1.82) is 0 Å². The average Bonchev–Trinajstić information content (AvgIpc) is 2.90. The first-order valence-electron chi connectivity index (χ1n) is 8.65. The van der Waals surface area contributed by atoms with E-state index in [0.29, 0.717) is 29.6 Å². The van der Waals surface area contributed by atoms with Crippen LogP contribution in [0.5, 0.6) is 0 Å². The molecule has 0 aliphatic heterocycles. The summed E-state index contributed by atoms with van der Waals surface area (Å²) in [6.45, 7) is 2.12. The van der Waals surface area contributed by atoms with Crippen molar-refractivity contribution in [2.24, 2.45) is 17.8 Å². The maximum atomic E-state index is 12.3. The van der Waals surface area contributed by atoms with Crippen LogP contribution in [0.2, 0.25) is 5.02 Å². The molecule has 3 atom stereocenters. The molecule has 4 heteroatoms. The van der Waals surface area contributed by atoms with Crippen LogP contribution in [0.4, 0.5) is 0 Å². The van der Waals surface area contributed by atoms with Crippen molar-refractivity contribution in [1.82, 2.24) is 0 Å². The number of carboxylic acid groups (broad SMARTS) is 1. The highest BCUT2D eigenvalue weighted by atomic mass is 35.5. The van der Waals surface area contributed by atoms with E-state index in [1.165, 1.54) is 0 Å². The van der Waals surface area contributed by atoms with Crippen LogP contribution in [0.3, 0.4) is 0 Å². The van der Waals surface area contributed by atoms with E-state index >= 15 is 0 Å². The Morgan fingerprint density at radius 1 is 1.42 bits per heavy atom. The fraction of sp³-hybridized carbons (Fsp3) is 0.500. The first-order chi connectivity index (χ1) is 11.5. The van der Waals surface area contributed by atoms with Crippen LogP contribution in [0.1, 0.15) is 51.0 Å². The quantitative estimate of drug-likeness (QED) is 0.654. The highest BCUT2D eigenvalue weighted by Gasteiger charge is 2.36. The van der Waals surface area contributed by atoms with Gasteiger partial charge in [0, 0.05) is 23.8 Å². The van der Waals surface area contributed by atoms with Crippen LogP contribution in [-0.4, -0.2) is 16.9 Å². The van der Waals surface area contributed by atoms with Crippen LogP contribution in [0.15, 0.2) is 30.3 Å². The lowest BCUT2D eigenvalue weighted by molar-refractivity contribution is -0.137. The summed E-state index contributed by atoms with van der Waals surface area (Å²) in [5.74, 6) is 0.224. The number of hydrogen-bond donors (Lipinski definition) is 1. The van der Waals surface area contributed by atoms with E-state index in [9.17, 15) is 9.59 Å². The standard InChI is InChI=1S/C20H25ClO3/c1-14(5-2-3-8-19(23)24)20-16(11-12-18(20)22)10-9-15-6-4-7-17(21)13-15/h4,6-7,9-10,13-14,16,20H,2-3,5,8,11-12H2,1H3,(H,23,24). The fourth-order valence-corrected chi connectivity index (χ4v) is 3.81. The predicted octanol–water partition coefficient (Wildman–Crippen LogP) is 5.23. The molecule has 0 spiro atoms. The minimum absolute atomic E-state index is 0.0604. The minimum Gasteiger partial charge on any atom is -0.481 e. The number of rotatable bonds is 8. The highest BCUT2D eigenvalue weighted by Crippen LogP contribution is 2.37. The number of benzene rings is 1. The maximum Gasteiger partial charge on any atom is 0.303 e. The summed E-state index contributed by atoms with van der Waals surface area (Å²) < 4.78 is 0. The van der Waals surface area contributed by atoms with Crippen LogP contribution in [0, 0.1) is 17.8 Å². The van der Waals surface area contributed by atoms with E-state index in [-0.39, 0.29) is 18.3 Å². The Kier molecular flexibility index (Phi) is 7.04. The van der Waals surface area contributed by atoms with Crippen molar-refractivity contribution in [3.8, 4) is 0 Å². The molecule has 24 heavy (non-hydrogen) atoms. The predicted molar refractivity (Wildman–Crippen MR) is 97.0 cm³/mol. The molecule has 1 aliphatic carbocycles. The van der Waals surface area contributed by atoms with Gasteiger partial charge in [-0.05, 0) is 48.8 Å². The van der Waals surface area contributed by atoms with Crippen LogP contribution >= 0.6 is 11.6 Å². The second kappa shape index (κ2) is 9.03. The Hall–Kier alpha value is -1.61. The van der Waals surface area contributed by atoms with Gasteiger partial charge in [-0.1, -0.05) is 49.2 Å². The Morgan fingerprint density at radius 2 is 2.21 bits per heavy atom. The van der Waals surface area contributed by atoms with E-state index in [1.807, 2.05) is 24.3 Å². The molecule has 0 saturated heterocycles. The van der Waals surface area contributed by atoms with E-state index in [0.717, 1.165) is 24.8 Å². The van der Waals surface area contributed by atoms with E-state index in [2.05, 4.69) is 19.1 Å². The average molecular weight is 349 g/mol. The number of allylic oxidation sites excluding steroid dienone is 1. The maximum absolute atomic E-state index is 12.3. The molecule has 1 aromatic rings. The molecule has 130 valence electrons. The molecule has 2 rings (SSSR count). The molecule has 1 saturated carbocycles. The number of carbonyl (C=O) groups excluding carboxylic acids is 1. The molecule has 0 heterocycles. The Balaban J connectivity index is 1.94. The summed E-state index contributed by atoms with van der Waals surface area (Å²) in [5.41, 5.74) is 1.05. The number of unbranched alkanes of at least 4 members (excludes halogenated alkanes) is 1. The summed E-state index contributed by atoms with van der Waals surface area (Å²) in [5, 5.41) is 9.41. The summed E-state index contributed by atoms with van der Waals surface area (Å²) >= 11 is 6.01. The molecule has 0 amide bonds. The van der Waals surface area contributed by atoms with Crippen molar-refractivity contribution in [2.75, 3.05) is 0 Å². The molecular weight excluding hydrogens is 324 g/mol. The third-order valence-electron chi connectivity index (χ3n) is 4.85. The topological polar surface area (TPSA) is 54.4 Å². The number of halogens is 1.